The summed E-state index contributed by atoms with van der Waals surface area (Å²) in [6, 6.07) is 14.9. The van der Waals surface area contributed by atoms with Gasteiger partial charge in [-0.05, 0) is 0 Å². The molecule has 0 saturated heterocycles. The second-order valence-corrected chi connectivity index (χ2v) is 5.05. The summed E-state index contributed by atoms with van der Waals surface area (Å²) in [6.45, 7) is 12.5. The predicted molar refractivity (Wildman–Crippen MR) is 79.0 cm³/mol. The van der Waals surface area contributed by atoms with Crippen molar-refractivity contribution in [2.75, 3.05) is 0 Å². The molecule has 0 nitrogen and oxygen atoms in total. The van der Waals surface area contributed by atoms with E-state index in [2.05, 4.69) is 77.9 Å². The minimum absolute atomic E-state index is 0. The van der Waals surface area contributed by atoms with Crippen LogP contribution in [-0.4, -0.2) is 0 Å². The van der Waals surface area contributed by atoms with Crippen molar-refractivity contribution in [1.82, 2.24) is 0 Å². The molecule has 103 valence electrons. The van der Waals surface area contributed by atoms with Gasteiger partial charge in [-0.25, -0.2) is 0 Å². The molecule has 0 N–H and O–H groups in total. The summed E-state index contributed by atoms with van der Waals surface area (Å²) in [4.78, 5) is 0. The van der Waals surface area contributed by atoms with E-state index in [9.17, 15) is 0 Å². The van der Waals surface area contributed by atoms with Crippen LogP contribution in [0.25, 0.3) is 0 Å². The molecule has 0 aromatic heterocycles. The van der Waals surface area contributed by atoms with Crippen molar-refractivity contribution in [3.63, 3.8) is 0 Å². The first-order chi connectivity index (χ1) is 8.36. The Morgan fingerprint density at radius 2 is 0.737 bits per heavy atom. The summed E-state index contributed by atoms with van der Waals surface area (Å²) in [5.41, 5.74) is 7.56. The van der Waals surface area contributed by atoms with Gasteiger partial charge < -0.3 is 0 Å². The fourth-order valence-electron chi connectivity index (χ4n) is 2.22. The third kappa shape index (κ3) is 7.19. The van der Waals surface area contributed by atoms with Gasteiger partial charge in [-0.15, -0.1) is 0 Å². The van der Waals surface area contributed by atoms with Crippen LogP contribution >= 0.6 is 0 Å². The normalized spacial score (nSPS) is 9.16. The van der Waals surface area contributed by atoms with Gasteiger partial charge in [0.25, 0.3) is 0 Å². The first-order valence-corrected chi connectivity index (χ1v) is 6.31. The Bertz CT molecular complexity index is 377. The van der Waals surface area contributed by atoms with Crippen LogP contribution < -0.4 is 0 Å². The molecule has 19 heavy (non-hydrogen) atoms. The molecule has 1 radical (unpaired) electrons. The largest absolute Gasteiger partial charge is 2.00 e. The zero-order valence-electron chi connectivity index (χ0n) is 12.6. The zero-order chi connectivity index (χ0) is 13.7. The van der Waals surface area contributed by atoms with Crippen LogP contribution in [0.3, 0.4) is 0 Å². The molecule has 0 heterocycles. The van der Waals surface area contributed by atoms with E-state index in [0.717, 1.165) is 0 Å². The summed E-state index contributed by atoms with van der Waals surface area (Å²) in [5, 5.41) is 0. The van der Waals surface area contributed by atoms with Crippen molar-refractivity contribution in [1.29, 1.82) is 0 Å². The van der Waals surface area contributed by atoms with Gasteiger partial charge >= 0.3 is 16.8 Å². The van der Waals surface area contributed by atoms with Gasteiger partial charge in [0.15, 0.2) is 0 Å². The number of hydrogen-bond donors (Lipinski definition) is 0. The molecular weight excluding hydrogens is 275 g/mol. The van der Waals surface area contributed by atoms with Gasteiger partial charge in [-0.1, -0.05) is 41.5 Å². The van der Waals surface area contributed by atoms with E-state index in [-0.39, 0.29) is 16.8 Å². The molecule has 0 aliphatic rings. The average molecular weight is 297 g/mol. The maximum atomic E-state index is 3.21. The molecular formula is C18H22Co. The Hall–Kier alpha value is -1.05. The van der Waals surface area contributed by atoms with Crippen molar-refractivity contribution in [3.05, 3.63) is 69.8 Å². The summed E-state index contributed by atoms with van der Waals surface area (Å²) in [7, 11) is 0. The Balaban J connectivity index is 0.000000324. The Labute approximate surface area is 128 Å². The third-order valence-corrected chi connectivity index (χ3v) is 2.57. The second kappa shape index (κ2) is 8.18. The van der Waals surface area contributed by atoms with E-state index in [1.54, 1.807) is 0 Å². The minimum atomic E-state index is 0. The van der Waals surface area contributed by atoms with Crippen LogP contribution in [0.4, 0.5) is 0 Å². The zero-order valence-corrected chi connectivity index (χ0v) is 13.7. The smallest absolute Gasteiger partial charge is 0.177 e. The van der Waals surface area contributed by atoms with Crippen LogP contribution in [0.15, 0.2) is 24.3 Å². The van der Waals surface area contributed by atoms with Crippen molar-refractivity contribution in [2.45, 2.75) is 41.5 Å². The first-order valence-electron chi connectivity index (χ1n) is 6.31. The van der Waals surface area contributed by atoms with E-state index in [0.29, 0.717) is 0 Å². The fraction of sp³-hybridized carbons (Fsp3) is 0.333. The summed E-state index contributed by atoms with van der Waals surface area (Å²) >= 11 is 0. The minimum Gasteiger partial charge on any atom is -0.177 e. The molecule has 0 bridgehead atoms. The maximum Gasteiger partial charge on any atom is 2.00 e. The van der Waals surface area contributed by atoms with E-state index in [4.69, 9.17) is 0 Å². The van der Waals surface area contributed by atoms with E-state index < -0.39 is 0 Å². The topological polar surface area (TPSA) is 0 Å². The average Bonchev–Trinajstić information content (AvgIpc) is 2.12. The second-order valence-electron chi connectivity index (χ2n) is 5.05. The molecule has 0 fully saturated rings. The van der Waals surface area contributed by atoms with E-state index in [1.165, 1.54) is 33.4 Å². The standard InChI is InChI=1S/2C9H11.Co/c2*1-7-4-8(2)6-9(3)5-7;/h2*4-5H,1-3H3;/q2*-1;+2. The van der Waals surface area contributed by atoms with Crippen LogP contribution in [-0.2, 0) is 16.8 Å². The molecule has 2 aromatic rings. The molecule has 1 heteroatoms. The number of benzene rings is 2. The molecule has 0 aliphatic carbocycles. The molecule has 0 spiro atoms. The molecule has 0 unspecified atom stereocenters. The van der Waals surface area contributed by atoms with Crippen LogP contribution in [0, 0.1) is 53.7 Å². The van der Waals surface area contributed by atoms with Crippen molar-refractivity contribution in [3.8, 4) is 0 Å². The third-order valence-electron chi connectivity index (χ3n) is 2.57. The van der Waals surface area contributed by atoms with Gasteiger partial charge in [0, 0.05) is 0 Å². The Morgan fingerprint density at radius 3 is 0.895 bits per heavy atom. The molecule has 2 rings (SSSR count). The number of hydrogen-bond acceptors (Lipinski definition) is 0. The Kier molecular flexibility index (Phi) is 7.73. The quantitative estimate of drug-likeness (QED) is 0.611. The Morgan fingerprint density at radius 1 is 0.526 bits per heavy atom. The molecule has 2 aromatic carbocycles. The predicted octanol–water partition coefficient (Wildman–Crippen LogP) is 4.82. The SMILES string of the molecule is Cc1[c-]c(C)cc(C)c1.Cc1[c-]c(C)cc(C)c1.[Co+2]. The molecule has 0 amide bonds. The van der Waals surface area contributed by atoms with Crippen molar-refractivity contribution in [2.24, 2.45) is 0 Å². The fourth-order valence-corrected chi connectivity index (χ4v) is 2.22. The van der Waals surface area contributed by atoms with Gasteiger partial charge in [0.1, 0.15) is 0 Å². The number of aryl methyl sites for hydroxylation is 6. The van der Waals surface area contributed by atoms with Crippen LogP contribution in [0.5, 0.6) is 0 Å². The van der Waals surface area contributed by atoms with Crippen LogP contribution in [0.2, 0.25) is 0 Å². The van der Waals surface area contributed by atoms with Gasteiger partial charge in [0.2, 0.25) is 0 Å². The molecule has 0 aliphatic heterocycles. The number of rotatable bonds is 0. The molecule has 0 atom stereocenters. The van der Waals surface area contributed by atoms with Crippen molar-refractivity contribution >= 4 is 0 Å². The summed E-state index contributed by atoms with van der Waals surface area (Å²) in [6.07, 6.45) is 0. The molecule has 0 saturated carbocycles. The van der Waals surface area contributed by atoms with Gasteiger partial charge in [-0.3, -0.25) is 0 Å². The van der Waals surface area contributed by atoms with Crippen molar-refractivity contribution < 1.29 is 16.8 Å². The van der Waals surface area contributed by atoms with Gasteiger partial charge in [0.05, 0.1) is 0 Å². The summed E-state index contributed by atoms with van der Waals surface area (Å²) in [5.74, 6) is 0. The van der Waals surface area contributed by atoms with Crippen LogP contribution in [0.1, 0.15) is 33.4 Å². The first kappa shape index (κ1) is 17.9. The monoisotopic (exact) mass is 297 g/mol. The van der Waals surface area contributed by atoms with E-state index in [1.807, 2.05) is 0 Å². The van der Waals surface area contributed by atoms with E-state index >= 15 is 0 Å². The maximum absolute atomic E-state index is 3.21. The summed E-state index contributed by atoms with van der Waals surface area (Å²) < 4.78 is 0. The van der Waals surface area contributed by atoms with Gasteiger partial charge in [-0.2, -0.15) is 69.8 Å².